The van der Waals surface area contributed by atoms with Crippen LogP contribution in [0.1, 0.15) is 11.3 Å². The van der Waals surface area contributed by atoms with Crippen molar-refractivity contribution in [1.82, 2.24) is 4.98 Å². The van der Waals surface area contributed by atoms with Gasteiger partial charge in [-0.1, -0.05) is 29.3 Å². The van der Waals surface area contributed by atoms with Gasteiger partial charge >= 0.3 is 0 Å². The molecule has 0 amide bonds. The molecule has 2 aromatic rings. The molecule has 3 nitrogen and oxygen atoms in total. The molecule has 1 aromatic heterocycles. The zero-order valence-corrected chi connectivity index (χ0v) is 11.3. The molecule has 2 rings (SSSR count). The van der Waals surface area contributed by atoms with Crippen LogP contribution in [0.4, 0.5) is 0 Å². The Morgan fingerprint density at radius 1 is 1.17 bits per heavy atom. The fraction of sp³-hybridized carbons (Fsp3) is 0.154. The van der Waals surface area contributed by atoms with Gasteiger partial charge in [0.25, 0.3) is 0 Å². The average Bonchev–Trinajstić information content (AvgIpc) is 2.34. The second-order valence-electron chi connectivity index (χ2n) is 3.78. The maximum absolute atomic E-state index is 5.91. The summed E-state index contributed by atoms with van der Waals surface area (Å²) in [5.74, 6) is 1.10. The van der Waals surface area contributed by atoms with Crippen molar-refractivity contribution in [2.45, 2.75) is 13.5 Å². The third kappa shape index (κ3) is 2.93. The summed E-state index contributed by atoms with van der Waals surface area (Å²) in [6, 6.07) is 8.74. The van der Waals surface area contributed by atoms with Crippen LogP contribution in [0.15, 0.2) is 30.3 Å². The van der Waals surface area contributed by atoms with Crippen molar-refractivity contribution in [3.05, 3.63) is 51.6 Å². The molecule has 0 aliphatic heterocycles. The van der Waals surface area contributed by atoms with E-state index < -0.39 is 0 Å². The van der Waals surface area contributed by atoms with Crippen molar-refractivity contribution < 1.29 is 4.74 Å². The summed E-state index contributed by atoms with van der Waals surface area (Å²) in [6.07, 6.45) is 0. The molecular weight excluding hydrogens is 271 g/mol. The summed E-state index contributed by atoms with van der Waals surface area (Å²) in [7, 11) is 0. The second kappa shape index (κ2) is 5.57. The quantitative estimate of drug-likeness (QED) is 0.927. The number of ether oxygens (including phenoxy) is 1. The number of nitrogens with zero attached hydrogens (tertiary/aromatic N) is 1. The van der Waals surface area contributed by atoms with E-state index in [4.69, 9.17) is 33.7 Å². The number of benzene rings is 1. The highest BCUT2D eigenvalue weighted by Gasteiger charge is 2.04. The number of pyridine rings is 1. The molecule has 5 heteroatoms. The molecular formula is C13H12Cl2N2O. The zero-order valence-electron chi connectivity index (χ0n) is 9.78. The molecule has 0 saturated heterocycles. The normalized spacial score (nSPS) is 10.4. The molecule has 0 atom stereocenters. The Bertz CT molecular complexity index is 573. The molecule has 18 heavy (non-hydrogen) atoms. The van der Waals surface area contributed by atoms with Crippen LogP contribution in [0.2, 0.25) is 10.0 Å². The Morgan fingerprint density at radius 3 is 2.56 bits per heavy atom. The zero-order chi connectivity index (χ0) is 13.1. The summed E-state index contributed by atoms with van der Waals surface area (Å²) < 4.78 is 5.60. The summed E-state index contributed by atoms with van der Waals surface area (Å²) >= 11 is 11.7. The van der Waals surface area contributed by atoms with Gasteiger partial charge in [-0.25, -0.2) is 4.98 Å². The first kappa shape index (κ1) is 13.1. The van der Waals surface area contributed by atoms with E-state index in [0.29, 0.717) is 28.2 Å². The van der Waals surface area contributed by atoms with Gasteiger partial charge in [-0.3, -0.25) is 0 Å². The summed E-state index contributed by atoms with van der Waals surface area (Å²) in [6.45, 7) is 2.36. The standard InChI is InChI=1S/C13H12Cl2N2O/c1-8-9(7-16)2-5-13(17-8)18-10-3-4-11(14)12(15)6-10/h2-6H,7,16H2,1H3. The highest BCUT2D eigenvalue weighted by atomic mass is 35.5. The van der Waals surface area contributed by atoms with E-state index in [-0.39, 0.29) is 0 Å². The van der Waals surface area contributed by atoms with Crippen molar-refractivity contribution >= 4 is 23.2 Å². The lowest BCUT2D eigenvalue weighted by Gasteiger charge is -2.08. The third-order valence-corrected chi connectivity index (χ3v) is 3.24. The largest absolute Gasteiger partial charge is 0.439 e. The van der Waals surface area contributed by atoms with Crippen LogP contribution in [-0.2, 0) is 6.54 Å². The van der Waals surface area contributed by atoms with E-state index in [1.165, 1.54) is 0 Å². The van der Waals surface area contributed by atoms with Gasteiger partial charge in [-0.15, -0.1) is 0 Å². The predicted molar refractivity (Wildman–Crippen MR) is 73.4 cm³/mol. The fourth-order valence-corrected chi connectivity index (χ4v) is 1.79. The van der Waals surface area contributed by atoms with Gasteiger partial charge in [-0.05, 0) is 24.6 Å². The SMILES string of the molecule is Cc1nc(Oc2ccc(Cl)c(Cl)c2)ccc1CN. The maximum atomic E-state index is 5.91. The molecule has 2 N–H and O–H groups in total. The second-order valence-corrected chi connectivity index (χ2v) is 4.59. The molecule has 0 saturated carbocycles. The summed E-state index contributed by atoms with van der Waals surface area (Å²) in [5.41, 5.74) is 7.43. The molecule has 0 aliphatic rings. The number of nitrogens with two attached hydrogens (primary N) is 1. The Kier molecular flexibility index (Phi) is 4.07. The number of aryl methyl sites for hydroxylation is 1. The first-order valence-electron chi connectivity index (χ1n) is 5.39. The van der Waals surface area contributed by atoms with Crippen molar-refractivity contribution in [3.8, 4) is 11.6 Å². The summed E-state index contributed by atoms with van der Waals surface area (Å²) in [5, 5.41) is 0.941. The molecule has 0 aliphatic carbocycles. The van der Waals surface area contributed by atoms with Crippen LogP contribution in [0.25, 0.3) is 0 Å². The van der Waals surface area contributed by atoms with Crippen LogP contribution in [-0.4, -0.2) is 4.98 Å². The van der Waals surface area contributed by atoms with E-state index in [1.807, 2.05) is 13.0 Å². The molecule has 0 spiro atoms. The van der Waals surface area contributed by atoms with Crippen LogP contribution in [0.3, 0.4) is 0 Å². The Hall–Kier alpha value is -1.29. The van der Waals surface area contributed by atoms with Crippen LogP contribution in [0.5, 0.6) is 11.6 Å². The molecule has 0 fully saturated rings. The first-order chi connectivity index (χ1) is 8.60. The van der Waals surface area contributed by atoms with Gasteiger partial charge in [0.1, 0.15) is 5.75 Å². The lowest BCUT2D eigenvalue weighted by atomic mass is 10.2. The summed E-state index contributed by atoms with van der Waals surface area (Å²) in [4.78, 5) is 4.31. The molecule has 0 bridgehead atoms. The minimum absolute atomic E-state index is 0.449. The molecule has 0 unspecified atom stereocenters. The Morgan fingerprint density at radius 2 is 1.94 bits per heavy atom. The topological polar surface area (TPSA) is 48.1 Å². The van der Waals surface area contributed by atoms with E-state index in [1.54, 1.807) is 24.3 Å². The molecule has 1 heterocycles. The highest BCUT2D eigenvalue weighted by molar-refractivity contribution is 6.42. The van der Waals surface area contributed by atoms with Gasteiger partial charge in [0.2, 0.25) is 5.88 Å². The van der Waals surface area contributed by atoms with Gasteiger partial charge < -0.3 is 10.5 Å². The van der Waals surface area contributed by atoms with Gasteiger partial charge in [0, 0.05) is 24.4 Å². The fourth-order valence-electron chi connectivity index (χ4n) is 1.50. The van der Waals surface area contributed by atoms with E-state index in [2.05, 4.69) is 4.98 Å². The number of hydrogen-bond donors (Lipinski definition) is 1. The van der Waals surface area contributed by atoms with Gasteiger partial charge in [0.05, 0.1) is 10.0 Å². The number of rotatable bonds is 3. The van der Waals surface area contributed by atoms with Crippen LogP contribution >= 0.6 is 23.2 Å². The first-order valence-corrected chi connectivity index (χ1v) is 6.15. The smallest absolute Gasteiger partial charge is 0.219 e. The molecule has 1 aromatic carbocycles. The molecule has 0 radical (unpaired) electrons. The minimum Gasteiger partial charge on any atom is -0.439 e. The van der Waals surface area contributed by atoms with Crippen LogP contribution < -0.4 is 10.5 Å². The lowest BCUT2D eigenvalue weighted by Crippen LogP contribution is -2.01. The van der Waals surface area contributed by atoms with Crippen molar-refractivity contribution in [2.75, 3.05) is 0 Å². The minimum atomic E-state index is 0.449. The van der Waals surface area contributed by atoms with Crippen molar-refractivity contribution in [2.24, 2.45) is 5.73 Å². The van der Waals surface area contributed by atoms with Gasteiger partial charge in [-0.2, -0.15) is 0 Å². The van der Waals surface area contributed by atoms with Crippen molar-refractivity contribution in [1.29, 1.82) is 0 Å². The highest BCUT2D eigenvalue weighted by Crippen LogP contribution is 2.29. The van der Waals surface area contributed by atoms with E-state index >= 15 is 0 Å². The number of halogens is 2. The van der Waals surface area contributed by atoms with Gasteiger partial charge in [0.15, 0.2) is 0 Å². The third-order valence-electron chi connectivity index (χ3n) is 2.50. The Balaban J connectivity index is 2.23. The lowest BCUT2D eigenvalue weighted by molar-refractivity contribution is 0.461. The van der Waals surface area contributed by atoms with E-state index in [9.17, 15) is 0 Å². The number of aromatic nitrogens is 1. The van der Waals surface area contributed by atoms with E-state index in [0.717, 1.165) is 11.3 Å². The van der Waals surface area contributed by atoms with Crippen LogP contribution in [0, 0.1) is 6.92 Å². The predicted octanol–water partition coefficient (Wildman–Crippen LogP) is 3.95. The number of hydrogen-bond acceptors (Lipinski definition) is 3. The Labute approximate surface area is 115 Å². The molecule has 94 valence electrons. The maximum Gasteiger partial charge on any atom is 0.219 e. The van der Waals surface area contributed by atoms with Crippen molar-refractivity contribution in [3.63, 3.8) is 0 Å². The average molecular weight is 283 g/mol. The monoisotopic (exact) mass is 282 g/mol.